The Bertz CT molecular complexity index is 758. The third kappa shape index (κ3) is 3.96. The molecule has 3 rings (SSSR count). The highest BCUT2D eigenvalue weighted by atomic mass is 16.5. The van der Waals surface area contributed by atoms with Crippen LogP contribution in [0.25, 0.3) is 0 Å². The van der Waals surface area contributed by atoms with E-state index in [0.717, 1.165) is 30.6 Å². The molecule has 6 nitrogen and oxygen atoms in total. The average molecular weight is 356 g/mol. The molecule has 26 heavy (non-hydrogen) atoms. The van der Waals surface area contributed by atoms with E-state index in [-0.39, 0.29) is 11.7 Å². The molecule has 0 atom stereocenters. The minimum atomic E-state index is -0.464. The van der Waals surface area contributed by atoms with Crippen molar-refractivity contribution in [1.82, 2.24) is 9.80 Å². The van der Waals surface area contributed by atoms with Crippen molar-refractivity contribution in [3.63, 3.8) is 0 Å². The second-order valence-electron chi connectivity index (χ2n) is 6.39. The predicted molar refractivity (Wildman–Crippen MR) is 97.0 cm³/mol. The maximum atomic E-state index is 12.6. The third-order valence-corrected chi connectivity index (χ3v) is 4.78. The maximum Gasteiger partial charge on any atom is 0.374 e. The quantitative estimate of drug-likeness (QED) is 0.771. The van der Waals surface area contributed by atoms with Crippen LogP contribution in [-0.2, 0) is 17.7 Å². The van der Waals surface area contributed by atoms with Gasteiger partial charge in [-0.15, -0.1) is 0 Å². The second kappa shape index (κ2) is 8.19. The van der Waals surface area contributed by atoms with Gasteiger partial charge in [-0.1, -0.05) is 19.1 Å². The zero-order valence-corrected chi connectivity index (χ0v) is 15.2. The van der Waals surface area contributed by atoms with Gasteiger partial charge in [0.15, 0.2) is 0 Å². The lowest BCUT2D eigenvalue weighted by Crippen LogP contribution is -2.48. The third-order valence-electron chi connectivity index (χ3n) is 4.78. The highest BCUT2D eigenvalue weighted by Crippen LogP contribution is 2.17. The lowest BCUT2D eigenvalue weighted by molar-refractivity contribution is 0.0559. The topological polar surface area (TPSA) is 63.0 Å². The Kier molecular flexibility index (Phi) is 5.73. The normalized spacial score (nSPS) is 15.1. The first-order valence-corrected chi connectivity index (χ1v) is 8.87. The standard InChI is InChI=1S/C20H24N2O4/c1-3-15-4-6-16(7-5-15)19(23)22-11-9-21(10-12-22)14-17-8-13-26-18(17)20(24)25-2/h4-8,13H,3,9-12,14H2,1-2H3. The van der Waals surface area contributed by atoms with Gasteiger partial charge in [-0.3, -0.25) is 9.69 Å². The number of rotatable bonds is 5. The number of hydrogen-bond acceptors (Lipinski definition) is 5. The summed E-state index contributed by atoms with van der Waals surface area (Å²) in [6, 6.07) is 9.62. The molecule has 0 bridgehead atoms. The Morgan fingerprint density at radius 3 is 2.38 bits per heavy atom. The van der Waals surface area contributed by atoms with Gasteiger partial charge in [0.1, 0.15) is 0 Å². The van der Waals surface area contributed by atoms with Gasteiger partial charge in [-0.05, 0) is 30.2 Å². The Hall–Kier alpha value is -2.60. The number of furan rings is 1. The van der Waals surface area contributed by atoms with Crippen molar-refractivity contribution in [2.24, 2.45) is 0 Å². The van der Waals surface area contributed by atoms with Crippen molar-refractivity contribution in [3.8, 4) is 0 Å². The minimum absolute atomic E-state index is 0.0749. The number of benzene rings is 1. The second-order valence-corrected chi connectivity index (χ2v) is 6.39. The van der Waals surface area contributed by atoms with Crippen LogP contribution in [0.5, 0.6) is 0 Å². The largest absolute Gasteiger partial charge is 0.463 e. The molecular weight excluding hydrogens is 332 g/mol. The molecule has 0 spiro atoms. The molecule has 1 aromatic carbocycles. The fraction of sp³-hybridized carbons (Fsp3) is 0.400. The van der Waals surface area contributed by atoms with Crippen molar-refractivity contribution in [1.29, 1.82) is 0 Å². The number of amides is 1. The van der Waals surface area contributed by atoms with Crippen LogP contribution in [0.3, 0.4) is 0 Å². The number of aryl methyl sites for hydroxylation is 1. The summed E-state index contributed by atoms with van der Waals surface area (Å²) in [7, 11) is 1.34. The van der Waals surface area contributed by atoms with E-state index in [9.17, 15) is 9.59 Å². The molecular formula is C20H24N2O4. The van der Waals surface area contributed by atoms with Crippen molar-refractivity contribution < 1.29 is 18.7 Å². The molecule has 2 aromatic rings. The molecule has 138 valence electrons. The first-order chi connectivity index (χ1) is 12.6. The Labute approximate surface area is 153 Å². The van der Waals surface area contributed by atoms with Crippen LogP contribution in [0.2, 0.25) is 0 Å². The summed E-state index contributed by atoms with van der Waals surface area (Å²) in [6.07, 6.45) is 2.47. The van der Waals surface area contributed by atoms with E-state index < -0.39 is 5.97 Å². The van der Waals surface area contributed by atoms with Gasteiger partial charge < -0.3 is 14.1 Å². The minimum Gasteiger partial charge on any atom is -0.463 e. The SMILES string of the molecule is CCc1ccc(C(=O)N2CCN(Cc3ccoc3C(=O)OC)CC2)cc1. The van der Waals surface area contributed by atoms with Crippen molar-refractivity contribution in [2.45, 2.75) is 19.9 Å². The number of esters is 1. The zero-order chi connectivity index (χ0) is 18.5. The molecule has 1 amide bonds. The average Bonchev–Trinajstić information content (AvgIpc) is 3.15. The summed E-state index contributed by atoms with van der Waals surface area (Å²) in [4.78, 5) is 28.4. The highest BCUT2D eigenvalue weighted by molar-refractivity contribution is 5.94. The highest BCUT2D eigenvalue weighted by Gasteiger charge is 2.24. The summed E-state index contributed by atoms with van der Waals surface area (Å²) in [5.74, 6) is -0.137. The van der Waals surface area contributed by atoms with Gasteiger partial charge in [0, 0.05) is 43.9 Å². The molecule has 1 fully saturated rings. The van der Waals surface area contributed by atoms with Gasteiger partial charge >= 0.3 is 5.97 Å². The van der Waals surface area contributed by atoms with Crippen LogP contribution >= 0.6 is 0 Å². The number of carbonyl (C=O) groups is 2. The molecule has 0 saturated carbocycles. The van der Waals surface area contributed by atoms with E-state index in [1.165, 1.54) is 18.9 Å². The van der Waals surface area contributed by atoms with Crippen LogP contribution in [0.4, 0.5) is 0 Å². The van der Waals surface area contributed by atoms with Crippen LogP contribution in [0, 0.1) is 0 Å². The van der Waals surface area contributed by atoms with Crippen LogP contribution in [-0.4, -0.2) is 55.0 Å². The van der Waals surface area contributed by atoms with Gasteiger partial charge in [0.25, 0.3) is 5.91 Å². The van der Waals surface area contributed by atoms with Crippen molar-refractivity contribution >= 4 is 11.9 Å². The molecule has 1 saturated heterocycles. The van der Waals surface area contributed by atoms with Gasteiger partial charge in [-0.25, -0.2) is 4.79 Å². The molecule has 0 aliphatic carbocycles. The van der Waals surface area contributed by atoms with E-state index in [1.807, 2.05) is 29.2 Å². The van der Waals surface area contributed by atoms with Crippen LogP contribution < -0.4 is 0 Å². The fourth-order valence-electron chi connectivity index (χ4n) is 3.15. The number of nitrogens with zero attached hydrogens (tertiary/aromatic N) is 2. The molecule has 6 heteroatoms. The van der Waals surface area contributed by atoms with Crippen LogP contribution in [0.1, 0.15) is 39.0 Å². The first-order valence-electron chi connectivity index (χ1n) is 8.87. The number of piperazine rings is 1. The molecule has 2 heterocycles. The smallest absolute Gasteiger partial charge is 0.374 e. The Morgan fingerprint density at radius 2 is 1.77 bits per heavy atom. The van der Waals surface area contributed by atoms with E-state index in [0.29, 0.717) is 19.6 Å². The number of hydrogen-bond donors (Lipinski definition) is 0. The van der Waals surface area contributed by atoms with Crippen molar-refractivity contribution in [3.05, 3.63) is 59.0 Å². The Balaban J connectivity index is 1.56. The van der Waals surface area contributed by atoms with Gasteiger partial charge in [0.05, 0.1) is 13.4 Å². The number of methoxy groups -OCH3 is 1. The molecule has 0 unspecified atom stereocenters. The predicted octanol–water partition coefficient (Wildman–Crippen LogP) is 2.59. The van der Waals surface area contributed by atoms with Crippen molar-refractivity contribution in [2.75, 3.05) is 33.3 Å². The molecule has 1 aliphatic heterocycles. The van der Waals surface area contributed by atoms with Crippen LogP contribution in [0.15, 0.2) is 41.0 Å². The van der Waals surface area contributed by atoms with E-state index in [1.54, 1.807) is 6.07 Å². The maximum absolute atomic E-state index is 12.6. The molecule has 1 aromatic heterocycles. The number of carbonyl (C=O) groups excluding carboxylic acids is 2. The summed E-state index contributed by atoms with van der Waals surface area (Å²) < 4.78 is 9.96. The summed E-state index contributed by atoms with van der Waals surface area (Å²) in [5.41, 5.74) is 2.78. The monoisotopic (exact) mass is 356 g/mol. The number of ether oxygens (including phenoxy) is 1. The van der Waals surface area contributed by atoms with E-state index in [4.69, 9.17) is 9.15 Å². The summed E-state index contributed by atoms with van der Waals surface area (Å²) in [6.45, 7) is 5.55. The first kappa shape index (κ1) is 18.2. The molecule has 0 radical (unpaired) electrons. The van der Waals surface area contributed by atoms with Gasteiger partial charge in [0.2, 0.25) is 5.76 Å². The fourth-order valence-corrected chi connectivity index (χ4v) is 3.15. The zero-order valence-electron chi connectivity index (χ0n) is 15.2. The Morgan fingerprint density at radius 1 is 1.08 bits per heavy atom. The summed E-state index contributed by atoms with van der Waals surface area (Å²) >= 11 is 0. The molecule has 1 aliphatic rings. The van der Waals surface area contributed by atoms with E-state index in [2.05, 4.69) is 11.8 Å². The van der Waals surface area contributed by atoms with E-state index >= 15 is 0 Å². The summed E-state index contributed by atoms with van der Waals surface area (Å²) in [5, 5.41) is 0. The molecule has 0 N–H and O–H groups in total. The van der Waals surface area contributed by atoms with Gasteiger partial charge in [-0.2, -0.15) is 0 Å². The lowest BCUT2D eigenvalue weighted by atomic mass is 10.1. The lowest BCUT2D eigenvalue weighted by Gasteiger charge is -2.34.